The van der Waals surface area contributed by atoms with Crippen molar-refractivity contribution in [3.05, 3.63) is 48.0 Å². The van der Waals surface area contributed by atoms with Crippen LogP contribution in [0.3, 0.4) is 0 Å². The van der Waals surface area contributed by atoms with Gasteiger partial charge in [0.15, 0.2) is 0 Å². The Bertz CT molecular complexity index is 1020. The molecule has 1 atom stereocenters. The van der Waals surface area contributed by atoms with E-state index in [2.05, 4.69) is 34.6 Å². The normalized spacial score (nSPS) is 19.0. The highest BCUT2D eigenvalue weighted by Gasteiger charge is 2.35. The lowest BCUT2D eigenvalue weighted by Crippen LogP contribution is -2.39. The number of fused-ring (bicyclic) bond motifs is 1. The van der Waals surface area contributed by atoms with Crippen LogP contribution in [0.5, 0.6) is 5.75 Å². The van der Waals surface area contributed by atoms with Crippen LogP contribution in [0.15, 0.2) is 47.6 Å². The van der Waals surface area contributed by atoms with Gasteiger partial charge >= 0.3 is 0 Å². The molecule has 0 saturated carbocycles. The standard InChI is InChI=1S/C22H24N4O2/c1-3-4-11-22(13-20(27)26-23-14-22)16-7-10-18-19(12-16)25-21(24-18)15-5-8-17(28-2)9-6-15/h5-10,12,14H,3-4,11,13H2,1-2H3,(H,24,25)(H,26,27). The predicted octanol–water partition coefficient (Wildman–Crippen LogP) is 4.17. The molecule has 0 radical (unpaired) electrons. The molecule has 2 aromatic carbocycles. The Labute approximate surface area is 164 Å². The van der Waals surface area contributed by atoms with Crippen molar-refractivity contribution in [2.24, 2.45) is 5.10 Å². The van der Waals surface area contributed by atoms with E-state index in [0.29, 0.717) is 6.42 Å². The fourth-order valence-electron chi connectivity index (χ4n) is 3.77. The second kappa shape index (κ2) is 7.46. The molecule has 1 aromatic heterocycles. The zero-order valence-corrected chi connectivity index (χ0v) is 16.2. The summed E-state index contributed by atoms with van der Waals surface area (Å²) in [6.45, 7) is 2.16. The van der Waals surface area contributed by atoms with E-state index in [0.717, 1.165) is 53.0 Å². The number of imidazole rings is 1. The number of aromatic nitrogens is 2. The second-order valence-corrected chi connectivity index (χ2v) is 7.28. The Hall–Kier alpha value is -3.15. The smallest absolute Gasteiger partial charge is 0.241 e. The summed E-state index contributed by atoms with van der Waals surface area (Å²) in [5.74, 6) is 1.59. The van der Waals surface area contributed by atoms with E-state index in [4.69, 9.17) is 9.72 Å². The Morgan fingerprint density at radius 2 is 2.00 bits per heavy atom. The van der Waals surface area contributed by atoms with Crippen LogP contribution in [0.25, 0.3) is 22.4 Å². The van der Waals surface area contributed by atoms with Crippen molar-refractivity contribution in [1.29, 1.82) is 0 Å². The van der Waals surface area contributed by atoms with Gasteiger partial charge in [0.2, 0.25) is 5.91 Å². The van der Waals surface area contributed by atoms with Crippen LogP contribution in [0.2, 0.25) is 0 Å². The maximum Gasteiger partial charge on any atom is 0.241 e. The molecule has 0 bridgehead atoms. The number of carbonyl (C=O) groups is 1. The highest BCUT2D eigenvalue weighted by atomic mass is 16.5. The van der Waals surface area contributed by atoms with Crippen molar-refractivity contribution in [2.75, 3.05) is 7.11 Å². The summed E-state index contributed by atoms with van der Waals surface area (Å²) in [4.78, 5) is 20.2. The number of hydrogen-bond donors (Lipinski definition) is 2. The number of nitrogens with zero attached hydrogens (tertiary/aromatic N) is 2. The van der Waals surface area contributed by atoms with Crippen molar-refractivity contribution >= 4 is 23.2 Å². The summed E-state index contributed by atoms with van der Waals surface area (Å²) in [5.41, 5.74) is 6.14. The van der Waals surface area contributed by atoms with E-state index in [9.17, 15) is 4.79 Å². The lowest BCUT2D eigenvalue weighted by atomic mass is 9.74. The number of benzene rings is 2. The number of methoxy groups -OCH3 is 1. The molecule has 0 aliphatic carbocycles. The van der Waals surface area contributed by atoms with Gasteiger partial charge in [-0.05, 0) is 48.4 Å². The molecule has 4 rings (SSSR count). The third kappa shape index (κ3) is 3.38. The molecule has 0 saturated heterocycles. The molecule has 6 nitrogen and oxygen atoms in total. The van der Waals surface area contributed by atoms with Crippen molar-refractivity contribution in [2.45, 2.75) is 38.0 Å². The SMILES string of the molecule is CCCCC1(c2ccc3nc(-c4ccc(OC)cc4)[nH]c3c2)C=NNC(=O)C1. The van der Waals surface area contributed by atoms with Crippen molar-refractivity contribution in [3.63, 3.8) is 0 Å². The van der Waals surface area contributed by atoms with E-state index in [1.54, 1.807) is 7.11 Å². The monoisotopic (exact) mass is 376 g/mol. The summed E-state index contributed by atoms with van der Waals surface area (Å²) >= 11 is 0. The van der Waals surface area contributed by atoms with E-state index in [-0.39, 0.29) is 11.3 Å². The van der Waals surface area contributed by atoms with Gasteiger partial charge in [-0.2, -0.15) is 5.10 Å². The summed E-state index contributed by atoms with van der Waals surface area (Å²) < 4.78 is 5.22. The van der Waals surface area contributed by atoms with E-state index >= 15 is 0 Å². The van der Waals surface area contributed by atoms with Crippen LogP contribution >= 0.6 is 0 Å². The third-order valence-corrected chi connectivity index (χ3v) is 5.37. The average molecular weight is 376 g/mol. The van der Waals surface area contributed by atoms with Gasteiger partial charge in [0.05, 0.1) is 18.1 Å². The number of hydrogen-bond acceptors (Lipinski definition) is 4. The highest BCUT2D eigenvalue weighted by Crippen LogP contribution is 2.35. The number of amides is 1. The van der Waals surface area contributed by atoms with Gasteiger partial charge in [0, 0.05) is 23.6 Å². The minimum absolute atomic E-state index is 0.0396. The molecule has 1 aliphatic heterocycles. The van der Waals surface area contributed by atoms with Crippen molar-refractivity contribution in [1.82, 2.24) is 15.4 Å². The van der Waals surface area contributed by atoms with E-state index in [1.807, 2.05) is 36.5 Å². The molecular formula is C22H24N4O2. The maximum atomic E-state index is 12.1. The average Bonchev–Trinajstić information content (AvgIpc) is 3.16. The molecule has 0 fully saturated rings. The summed E-state index contributed by atoms with van der Waals surface area (Å²) in [7, 11) is 1.65. The molecule has 2 heterocycles. The fraction of sp³-hybridized carbons (Fsp3) is 0.318. The maximum absolute atomic E-state index is 12.1. The van der Waals surface area contributed by atoms with E-state index < -0.39 is 0 Å². The quantitative estimate of drug-likeness (QED) is 0.677. The topological polar surface area (TPSA) is 79.4 Å². The number of rotatable bonds is 6. The third-order valence-electron chi connectivity index (χ3n) is 5.37. The Balaban J connectivity index is 1.72. The zero-order valence-electron chi connectivity index (χ0n) is 16.2. The Morgan fingerprint density at radius 3 is 2.71 bits per heavy atom. The molecule has 6 heteroatoms. The van der Waals surface area contributed by atoms with Gasteiger partial charge in [0.1, 0.15) is 11.6 Å². The zero-order chi connectivity index (χ0) is 19.6. The summed E-state index contributed by atoms with van der Waals surface area (Å²) in [6.07, 6.45) is 5.32. The summed E-state index contributed by atoms with van der Waals surface area (Å²) in [6, 6.07) is 14.0. The van der Waals surface area contributed by atoms with Crippen LogP contribution in [-0.2, 0) is 10.2 Å². The number of unbranched alkanes of at least 4 members (excludes halogenated alkanes) is 1. The van der Waals surface area contributed by atoms with Gasteiger partial charge in [-0.1, -0.05) is 25.8 Å². The number of nitrogens with one attached hydrogen (secondary N) is 2. The number of H-pyrrole nitrogens is 1. The first-order chi connectivity index (χ1) is 13.6. The first-order valence-electron chi connectivity index (χ1n) is 9.61. The molecule has 2 N–H and O–H groups in total. The molecule has 28 heavy (non-hydrogen) atoms. The first kappa shape index (κ1) is 18.2. The Morgan fingerprint density at radius 1 is 1.18 bits per heavy atom. The molecule has 1 amide bonds. The van der Waals surface area contributed by atoms with Crippen LogP contribution in [0.1, 0.15) is 38.2 Å². The largest absolute Gasteiger partial charge is 0.497 e. The van der Waals surface area contributed by atoms with Gasteiger partial charge in [-0.15, -0.1) is 0 Å². The number of hydrazone groups is 1. The predicted molar refractivity (Wildman–Crippen MR) is 111 cm³/mol. The minimum Gasteiger partial charge on any atom is -0.497 e. The fourth-order valence-corrected chi connectivity index (χ4v) is 3.77. The minimum atomic E-state index is -0.363. The molecule has 1 aliphatic rings. The van der Waals surface area contributed by atoms with Gasteiger partial charge in [-0.25, -0.2) is 10.4 Å². The van der Waals surface area contributed by atoms with Crippen LogP contribution in [0, 0.1) is 0 Å². The van der Waals surface area contributed by atoms with Gasteiger partial charge in [0.25, 0.3) is 0 Å². The van der Waals surface area contributed by atoms with Gasteiger partial charge < -0.3 is 9.72 Å². The lowest BCUT2D eigenvalue weighted by molar-refractivity contribution is -0.122. The Kier molecular flexibility index (Phi) is 4.86. The van der Waals surface area contributed by atoms with Crippen molar-refractivity contribution in [3.8, 4) is 17.1 Å². The number of carbonyl (C=O) groups excluding carboxylic acids is 1. The van der Waals surface area contributed by atoms with Crippen LogP contribution < -0.4 is 10.2 Å². The summed E-state index contributed by atoms with van der Waals surface area (Å²) in [5, 5.41) is 4.13. The van der Waals surface area contributed by atoms with Gasteiger partial charge in [-0.3, -0.25) is 4.79 Å². The lowest BCUT2D eigenvalue weighted by Gasteiger charge is -2.32. The van der Waals surface area contributed by atoms with Crippen molar-refractivity contribution < 1.29 is 9.53 Å². The molecular weight excluding hydrogens is 352 g/mol. The van der Waals surface area contributed by atoms with E-state index in [1.165, 1.54) is 0 Å². The molecule has 144 valence electrons. The van der Waals surface area contributed by atoms with Crippen LogP contribution in [0.4, 0.5) is 0 Å². The molecule has 0 spiro atoms. The van der Waals surface area contributed by atoms with Crippen LogP contribution in [-0.4, -0.2) is 29.2 Å². The first-order valence-corrected chi connectivity index (χ1v) is 9.61. The second-order valence-electron chi connectivity index (χ2n) is 7.28. The molecule has 1 unspecified atom stereocenters. The number of ether oxygens (including phenoxy) is 1. The molecule has 3 aromatic rings. The highest BCUT2D eigenvalue weighted by molar-refractivity contribution is 5.90. The number of aromatic amines is 1.